The van der Waals surface area contributed by atoms with Crippen LogP contribution in [0.15, 0.2) is 0 Å². The largest absolute Gasteiger partial charge is 0.393 e. The molecule has 0 spiro atoms. The fraction of sp³-hybridized carbons (Fsp3) is 0.750. The van der Waals surface area contributed by atoms with Crippen molar-refractivity contribution in [2.24, 2.45) is 11.8 Å². The van der Waals surface area contributed by atoms with Gasteiger partial charge in [0.1, 0.15) is 0 Å². The first kappa shape index (κ1) is 12.4. The van der Waals surface area contributed by atoms with E-state index in [-0.39, 0.29) is 13.0 Å². The predicted molar refractivity (Wildman–Crippen MR) is 49.2 cm³/mol. The van der Waals surface area contributed by atoms with E-state index in [9.17, 15) is 26.8 Å². The van der Waals surface area contributed by atoms with E-state index in [0.717, 1.165) is 0 Å². The van der Waals surface area contributed by atoms with Crippen LogP contribution in [-0.4, -0.2) is 43.5 Å². The van der Waals surface area contributed by atoms with E-state index >= 15 is 0 Å². The zero-order valence-corrected chi connectivity index (χ0v) is 9.32. The van der Waals surface area contributed by atoms with Crippen LogP contribution < -0.4 is 0 Å². The molecule has 96 valence electrons. The van der Waals surface area contributed by atoms with Crippen LogP contribution in [0.4, 0.5) is 8.78 Å². The zero-order valence-electron chi connectivity index (χ0n) is 8.51. The molecule has 0 aromatic heterocycles. The van der Waals surface area contributed by atoms with Crippen LogP contribution in [0.2, 0.25) is 0 Å². The predicted octanol–water partition coefficient (Wildman–Crippen LogP) is -0.440. The molecule has 0 aliphatic carbocycles. The number of ether oxygens (including phenoxy) is 1. The van der Waals surface area contributed by atoms with Crippen molar-refractivity contribution in [3.8, 4) is 0 Å². The topological polar surface area (TPSA) is 80.8 Å². The maximum absolute atomic E-state index is 12.3. The molecule has 17 heavy (non-hydrogen) atoms. The zero-order chi connectivity index (χ0) is 12.8. The third-order valence-corrected chi connectivity index (χ3v) is 4.47. The van der Waals surface area contributed by atoms with Crippen molar-refractivity contribution in [2.45, 2.75) is 12.2 Å². The number of hydrogen-bond acceptors (Lipinski definition) is 5. The van der Waals surface area contributed by atoms with Gasteiger partial charge in [0.25, 0.3) is 10.0 Å². The summed E-state index contributed by atoms with van der Waals surface area (Å²) in [5, 5.41) is 0. The second-order valence-electron chi connectivity index (χ2n) is 3.91. The third-order valence-electron chi connectivity index (χ3n) is 2.97. The van der Waals surface area contributed by atoms with Gasteiger partial charge in [-0.25, -0.2) is 8.42 Å². The van der Waals surface area contributed by atoms with Gasteiger partial charge in [-0.1, -0.05) is 0 Å². The van der Waals surface area contributed by atoms with Crippen molar-refractivity contribution in [2.75, 3.05) is 13.1 Å². The van der Waals surface area contributed by atoms with E-state index < -0.39 is 46.1 Å². The van der Waals surface area contributed by atoms with Gasteiger partial charge in [0.05, 0.1) is 11.8 Å². The van der Waals surface area contributed by atoms with Gasteiger partial charge in [0.2, 0.25) is 0 Å². The molecule has 0 aromatic rings. The van der Waals surface area contributed by atoms with Crippen LogP contribution in [0.1, 0.15) is 6.42 Å². The van der Waals surface area contributed by atoms with E-state index in [1.165, 1.54) is 0 Å². The molecule has 2 aliphatic heterocycles. The highest BCUT2D eigenvalue weighted by atomic mass is 32.2. The molecule has 2 aliphatic rings. The average molecular weight is 269 g/mol. The summed E-state index contributed by atoms with van der Waals surface area (Å²) in [7, 11) is -4.70. The smallest absolute Gasteiger partial charge is 0.350 e. The monoisotopic (exact) mass is 269 g/mol. The highest BCUT2D eigenvalue weighted by Gasteiger charge is 2.50. The molecule has 2 atom stereocenters. The van der Waals surface area contributed by atoms with Crippen molar-refractivity contribution in [3.63, 3.8) is 0 Å². The van der Waals surface area contributed by atoms with E-state index in [1.54, 1.807) is 0 Å². The first-order valence-electron chi connectivity index (χ1n) is 4.86. The lowest BCUT2D eigenvalue weighted by Crippen LogP contribution is -2.46. The second-order valence-corrected chi connectivity index (χ2v) is 5.81. The molecule has 2 rings (SSSR count). The average Bonchev–Trinajstić information content (AvgIpc) is 2.54. The number of sulfonamides is 1. The van der Waals surface area contributed by atoms with Gasteiger partial charge in [-0.15, -0.1) is 0 Å². The van der Waals surface area contributed by atoms with Crippen LogP contribution in [0.5, 0.6) is 0 Å². The maximum atomic E-state index is 12.3. The van der Waals surface area contributed by atoms with Gasteiger partial charge in [0, 0.05) is 13.1 Å². The van der Waals surface area contributed by atoms with Crippen molar-refractivity contribution in [1.29, 1.82) is 0 Å². The van der Waals surface area contributed by atoms with Crippen LogP contribution in [0.25, 0.3) is 0 Å². The van der Waals surface area contributed by atoms with E-state index in [4.69, 9.17) is 0 Å². The van der Waals surface area contributed by atoms with E-state index in [0.29, 0.717) is 4.31 Å². The fourth-order valence-corrected chi connectivity index (χ4v) is 2.99. The summed E-state index contributed by atoms with van der Waals surface area (Å²) in [6.45, 7) is -0.613. The molecule has 0 saturated carbocycles. The highest BCUT2D eigenvalue weighted by Crippen LogP contribution is 2.33. The van der Waals surface area contributed by atoms with Gasteiger partial charge >= 0.3 is 17.7 Å². The lowest BCUT2D eigenvalue weighted by atomic mass is 9.89. The number of alkyl halides is 2. The SMILES string of the molecule is O=C1OC(=O)C2CN(S(=O)(=O)C(F)F)CCC12. The Hall–Kier alpha value is -1.09. The third kappa shape index (κ3) is 1.93. The molecule has 9 heteroatoms. The summed E-state index contributed by atoms with van der Waals surface area (Å²) in [5.41, 5.74) is 0. The van der Waals surface area contributed by atoms with Crippen LogP contribution >= 0.6 is 0 Å². The highest BCUT2D eigenvalue weighted by molar-refractivity contribution is 7.89. The molecule has 0 amide bonds. The number of piperidine rings is 1. The van der Waals surface area contributed by atoms with E-state index in [1.807, 2.05) is 0 Å². The van der Waals surface area contributed by atoms with Gasteiger partial charge in [-0.2, -0.15) is 13.1 Å². The Morgan fingerprint density at radius 1 is 1.24 bits per heavy atom. The molecule has 2 unspecified atom stereocenters. The minimum atomic E-state index is -4.70. The summed E-state index contributed by atoms with van der Waals surface area (Å²) in [4.78, 5) is 22.4. The number of fused-ring (bicyclic) bond motifs is 1. The Kier molecular flexibility index (Phi) is 2.90. The van der Waals surface area contributed by atoms with Gasteiger partial charge in [0.15, 0.2) is 0 Å². The molecule has 0 bridgehead atoms. The molecule has 0 radical (unpaired) electrons. The van der Waals surface area contributed by atoms with Crippen molar-refractivity contribution < 1.29 is 31.5 Å². The van der Waals surface area contributed by atoms with Crippen molar-refractivity contribution >= 4 is 22.0 Å². The van der Waals surface area contributed by atoms with Gasteiger partial charge in [-0.3, -0.25) is 9.59 Å². The lowest BCUT2D eigenvalue weighted by Gasteiger charge is -2.30. The molecular formula is C8H9F2NO5S. The van der Waals surface area contributed by atoms with Gasteiger partial charge in [-0.05, 0) is 6.42 Å². The molecular weight excluding hydrogens is 260 g/mol. The van der Waals surface area contributed by atoms with Crippen molar-refractivity contribution in [1.82, 2.24) is 4.31 Å². The number of esters is 2. The second kappa shape index (κ2) is 3.98. The molecule has 0 N–H and O–H groups in total. The van der Waals surface area contributed by atoms with Crippen LogP contribution in [0, 0.1) is 11.8 Å². The maximum Gasteiger partial charge on any atom is 0.350 e. The summed E-state index contributed by atoms with van der Waals surface area (Å²) in [6.07, 6.45) is 0.0290. The summed E-state index contributed by atoms with van der Waals surface area (Å²) in [6, 6.07) is 0. The minimum absolute atomic E-state index is 0.0290. The Morgan fingerprint density at radius 2 is 1.82 bits per heavy atom. The molecule has 2 fully saturated rings. The van der Waals surface area contributed by atoms with Crippen LogP contribution in [-0.2, 0) is 24.3 Å². The Balaban J connectivity index is 2.19. The molecule has 2 saturated heterocycles. The number of rotatable bonds is 2. The summed E-state index contributed by atoms with van der Waals surface area (Å²) >= 11 is 0. The molecule has 6 nitrogen and oxygen atoms in total. The Bertz CT molecular complexity index is 463. The van der Waals surface area contributed by atoms with Crippen molar-refractivity contribution in [3.05, 3.63) is 0 Å². The fourth-order valence-electron chi connectivity index (χ4n) is 2.04. The Morgan fingerprint density at radius 3 is 2.41 bits per heavy atom. The summed E-state index contributed by atoms with van der Waals surface area (Å²) < 4.78 is 51.9. The minimum Gasteiger partial charge on any atom is -0.393 e. The summed E-state index contributed by atoms with van der Waals surface area (Å²) in [5.74, 6) is -6.72. The number of nitrogens with zero attached hydrogens (tertiary/aromatic N) is 1. The standard InChI is InChI=1S/C8H9F2NO5S/c9-8(10)17(14,15)11-2-1-4-5(3-11)7(13)16-6(4)12/h4-5,8H,1-3H2. The number of hydrogen-bond donors (Lipinski definition) is 0. The quantitative estimate of drug-likeness (QED) is 0.501. The van der Waals surface area contributed by atoms with E-state index in [2.05, 4.69) is 4.74 Å². The first-order chi connectivity index (χ1) is 7.84. The number of carbonyl (C=O) groups is 2. The molecule has 2 heterocycles. The normalized spacial score (nSPS) is 30.5. The van der Waals surface area contributed by atoms with Crippen LogP contribution in [0.3, 0.4) is 0 Å². The first-order valence-corrected chi connectivity index (χ1v) is 6.37. The van der Waals surface area contributed by atoms with Gasteiger partial charge < -0.3 is 4.74 Å². The Labute approximate surface area is 95.6 Å². The number of carbonyl (C=O) groups excluding carboxylic acids is 2. The lowest BCUT2D eigenvalue weighted by molar-refractivity contribution is -0.153. The molecule has 0 aromatic carbocycles. The number of cyclic esters (lactones) is 2. The number of halogens is 2.